The fourth-order valence-corrected chi connectivity index (χ4v) is 4.20. The average molecular weight is 353 g/mol. The van der Waals surface area contributed by atoms with Crippen molar-refractivity contribution in [2.45, 2.75) is 17.7 Å². The summed E-state index contributed by atoms with van der Waals surface area (Å²) in [6.45, 7) is 1.37. The highest BCUT2D eigenvalue weighted by molar-refractivity contribution is 7.91. The van der Waals surface area contributed by atoms with Crippen LogP contribution in [0.5, 0.6) is 0 Å². The summed E-state index contributed by atoms with van der Waals surface area (Å²) in [5.74, 6) is 0.116. The van der Waals surface area contributed by atoms with E-state index in [0.717, 1.165) is 36.3 Å². The van der Waals surface area contributed by atoms with E-state index in [1.165, 1.54) is 0 Å². The van der Waals surface area contributed by atoms with Crippen molar-refractivity contribution in [2.24, 2.45) is 0 Å². The van der Waals surface area contributed by atoms with Crippen LogP contribution in [0.3, 0.4) is 0 Å². The molecule has 0 amide bonds. The summed E-state index contributed by atoms with van der Waals surface area (Å²) in [6.07, 6.45) is 1.97. The molecule has 0 fully saturated rings. The highest BCUT2D eigenvalue weighted by Gasteiger charge is 2.21. The first-order chi connectivity index (χ1) is 10.6. The monoisotopic (exact) mass is 352 g/mol. The first-order valence-electron chi connectivity index (χ1n) is 7.48. The fourth-order valence-electron chi connectivity index (χ4n) is 2.94. The van der Waals surface area contributed by atoms with Gasteiger partial charge in [-0.3, -0.25) is 0 Å². The van der Waals surface area contributed by atoms with Gasteiger partial charge in [0.25, 0.3) is 0 Å². The first kappa shape index (κ1) is 17.6. The van der Waals surface area contributed by atoms with E-state index in [2.05, 4.69) is 4.90 Å². The van der Waals surface area contributed by atoms with Crippen LogP contribution in [0.25, 0.3) is 0 Å². The van der Waals surface area contributed by atoms with E-state index in [9.17, 15) is 8.42 Å². The van der Waals surface area contributed by atoms with Gasteiger partial charge in [0.1, 0.15) is 0 Å². The zero-order chi connectivity index (χ0) is 15.6. The van der Waals surface area contributed by atoms with Crippen LogP contribution in [0.1, 0.15) is 12.0 Å². The molecule has 124 valence electrons. The van der Waals surface area contributed by atoms with Gasteiger partial charge >= 0.3 is 0 Å². The molecule has 2 N–H and O–H groups in total. The molecule has 0 radical (unpaired) electrons. The van der Waals surface area contributed by atoms with Crippen molar-refractivity contribution in [1.82, 2.24) is 0 Å². The third kappa shape index (κ3) is 3.79. The number of sulfone groups is 1. The van der Waals surface area contributed by atoms with E-state index in [1.54, 1.807) is 24.3 Å². The molecule has 1 aliphatic heterocycles. The Morgan fingerprint density at radius 3 is 2.52 bits per heavy atom. The van der Waals surface area contributed by atoms with Crippen LogP contribution < -0.4 is 10.6 Å². The Bertz CT molecular complexity index is 763. The van der Waals surface area contributed by atoms with Crippen LogP contribution in [-0.4, -0.2) is 27.3 Å². The Hall–Kier alpha value is -1.72. The first-order valence-corrected chi connectivity index (χ1v) is 9.13. The molecule has 6 heteroatoms. The highest BCUT2D eigenvalue weighted by Crippen LogP contribution is 2.31. The van der Waals surface area contributed by atoms with Gasteiger partial charge in [-0.25, -0.2) is 8.42 Å². The van der Waals surface area contributed by atoms with E-state index >= 15 is 0 Å². The second-order valence-corrected chi connectivity index (χ2v) is 7.68. The second kappa shape index (κ2) is 7.23. The Kier molecular flexibility index (Phi) is 5.55. The molecule has 0 bridgehead atoms. The van der Waals surface area contributed by atoms with Crippen LogP contribution in [-0.2, 0) is 16.3 Å². The lowest BCUT2D eigenvalue weighted by Crippen LogP contribution is -2.34. The molecule has 0 atom stereocenters. The van der Waals surface area contributed by atoms with Crippen molar-refractivity contribution in [2.75, 3.05) is 29.5 Å². The van der Waals surface area contributed by atoms with E-state index in [-0.39, 0.29) is 18.2 Å². The third-order valence-corrected chi connectivity index (χ3v) is 5.83. The minimum absolute atomic E-state index is 0. The third-order valence-electron chi connectivity index (χ3n) is 4.12. The normalized spacial score (nSPS) is 14.0. The summed E-state index contributed by atoms with van der Waals surface area (Å²) in [7, 11) is -3.25. The molecule has 0 spiro atoms. The summed E-state index contributed by atoms with van der Waals surface area (Å²) in [6, 6.07) is 14.5. The Labute approximate surface area is 143 Å². The lowest BCUT2D eigenvalue weighted by Gasteiger charge is -2.32. The number of anilines is 2. The van der Waals surface area contributed by atoms with Crippen molar-refractivity contribution in [3.63, 3.8) is 0 Å². The van der Waals surface area contributed by atoms with Gasteiger partial charge in [0.05, 0.1) is 10.6 Å². The van der Waals surface area contributed by atoms with Crippen molar-refractivity contribution in [1.29, 1.82) is 0 Å². The lowest BCUT2D eigenvalue weighted by molar-refractivity contribution is 0.593. The quantitative estimate of drug-likeness (QED) is 0.859. The van der Waals surface area contributed by atoms with Crippen LogP contribution >= 0.6 is 12.4 Å². The molecular weight excluding hydrogens is 332 g/mol. The maximum absolute atomic E-state index is 12.4. The minimum atomic E-state index is -3.25. The molecule has 3 rings (SSSR count). The van der Waals surface area contributed by atoms with Gasteiger partial charge in [-0.2, -0.15) is 0 Å². The van der Waals surface area contributed by atoms with Crippen LogP contribution in [0.4, 0.5) is 11.4 Å². The van der Waals surface area contributed by atoms with E-state index < -0.39 is 9.84 Å². The van der Waals surface area contributed by atoms with E-state index in [4.69, 9.17) is 5.73 Å². The number of benzene rings is 2. The summed E-state index contributed by atoms with van der Waals surface area (Å²) in [5, 5.41) is 0. The van der Waals surface area contributed by atoms with Gasteiger partial charge in [-0.1, -0.05) is 24.3 Å². The zero-order valence-electron chi connectivity index (χ0n) is 12.8. The van der Waals surface area contributed by atoms with Gasteiger partial charge in [0, 0.05) is 24.5 Å². The molecule has 0 unspecified atom stereocenters. The van der Waals surface area contributed by atoms with Crippen molar-refractivity contribution in [3.05, 3.63) is 54.1 Å². The van der Waals surface area contributed by atoms with Crippen molar-refractivity contribution in [3.8, 4) is 0 Å². The van der Waals surface area contributed by atoms with Crippen LogP contribution in [0.2, 0.25) is 0 Å². The number of rotatable bonds is 4. The molecule has 1 heterocycles. The van der Waals surface area contributed by atoms with Crippen molar-refractivity contribution >= 4 is 33.6 Å². The maximum atomic E-state index is 12.4. The SMILES string of the molecule is Cl.Nc1cccc2c1CCCN2CCS(=O)(=O)c1ccccc1. The van der Waals surface area contributed by atoms with Crippen LogP contribution in [0, 0.1) is 0 Å². The smallest absolute Gasteiger partial charge is 0.180 e. The Morgan fingerprint density at radius 2 is 1.78 bits per heavy atom. The van der Waals surface area contributed by atoms with E-state index in [0.29, 0.717) is 11.4 Å². The topological polar surface area (TPSA) is 63.4 Å². The number of nitrogens with two attached hydrogens (primary N) is 1. The minimum Gasteiger partial charge on any atom is -0.398 e. The molecule has 0 saturated heterocycles. The number of nitrogen functional groups attached to an aromatic ring is 1. The Morgan fingerprint density at radius 1 is 1.04 bits per heavy atom. The lowest BCUT2D eigenvalue weighted by atomic mass is 10.00. The van der Waals surface area contributed by atoms with Gasteiger partial charge in [0.15, 0.2) is 9.84 Å². The molecule has 1 aliphatic rings. The predicted molar refractivity (Wildman–Crippen MR) is 97.1 cm³/mol. The second-order valence-electron chi connectivity index (χ2n) is 5.57. The standard InChI is InChI=1S/C17H20N2O2S.ClH/c18-16-9-4-10-17-15(16)8-5-11-19(17)12-13-22(20,21)14-6-2-1-3-7-14;/h1-4,6-7,9-10H,5,8,11-13,18H2;1H. The predicted octanol–water partition coefficient (Wildman–Crippen LogP) is 2.92. The van der Waals surface area contributed by atoms with Gasteiger partial charge < -0.3 is 10.6 Å². The molecular formula is C17H21ClN2O2S. The van der Waals surface area contributed by atoms with E-state index in [1.807, 2.05) is 24.3 Å². The van der Waals surface area contributed by atoms with Gasteiger partial charge in [-0.15, -0.1) is 12.4 Å². The average Bonchev–Trinajstić information content (AvgIpc) is 2.54. The number of hydrogen-bond donors (Lipinski definition) is 1. The molecule has 0 aromatic heterocycles. The summed E-state index contributed by atoms with van der Waals surface area (Å²) in [4.78, 5) is 2.52. The number of fused-ring (bicyclic) bond motifs is 1. The molecule has 0 saturated carbocycles. The number of nitrogens with zero attached hydrogens (tertiary/aromatic N) is 1. The van der Waals surface area contributed by atoms with Crippen molar-refractivity contribution < 1.29 is 8.42 Å². The van der Waals surface area contributed by atoms with Gasteiger partial charge in [-0.05, 0) is 42.7 Å². The molecule has 4 nitrogen and oxygen atoms in total. The molecule has 0 aliphatic carbocycles. The fraction of sp³-hybridized carbons (Fsp3) is 0.294. The van der Waals surface area contributed by atoms with Crippen LogP contribution in [0.15, 0.2) is 53.4 Å². The summed E-state index contributed by atoms with van der Waals surface area (Å²) < 4.78 is 24.8. The highest BCUT2D eigenvalue weighted by atomic mass is 35.5. The summed E-state index contributed by atoms with van der Waals surface area (Å²) >= 11 is 0. The zero-order valence-corrected chi connectivity index (χ0v) is 14.4. The number of halogens is 1. The summed E-state index contributed by atoms with van der Waals surface area (Å²) in [5.41, 5.74) is 9.05. The number of hydrogen-bond acceptors (Lipinski definition) is 4. The van der Waals surface area contributed by atoms with Gasteiger partial charge in [0.2, 0.25) is 0 Å². The molecule has 23 heavy (non-hydrogen) atoms. The Balaban J connectivity index is 0.00000192. The molecule has 2 aromatic rings. The maximum Gasteiger partial charge on any atom is 0.180 e. The largest absolute Gasteiger partial charge is 0.398 e. The molecule has 2 aromatic carbocycles.